The van der Waals surface area contributed by atoms with Crippen molar-refractivity contribution in [3.8, 4) is 0 Å². The number of rotatable bonds is 4. The van der Waals surface area contributed by atoms with Crippen LogP contribution in [0.3, 0.4) is 0 Å². The van der Waals surface area contributed by atoms with Gasteiger partial charge in [-0.25, -0.2) is 0 Å². The molecule has 0 aromatic heterocycles. The summed E-state index contributed by atoms with van der Waals surface area (Å²) in [4.78, 5) is 12.1. The van der Waals surface area contributed by atoms with Gasteiger partial charge in [-0.2, -0.15) is 0 Å². The van der Waals surface area contributed by atoms with Gasteiger partial charge >= 0.3 is 0 Å². The largest absolute Gasteiger partial charge is 0.342 e. The molecule has 0 saturated carbocycles. The van der Waals surface area contributed by atoms with Crippen molar-refractivity contribution in [1.29, 1.82) is 0 Å². The van der Waals surface area contributed by atoms with Crippen LogP contribution >= 0.6 is 11.6 Å². The Morgan fingerprint density at radius 1 is 1.00 bits per heavy atom. The molecule has 1 N–H and O–H groups in total. The predicted molar refractivity (Wildman–Crippen MR) is 87.3 cm³/mol. The Kier molecular flexibility index (Phi) is 5.18. The van der Waals surface area contributed by atoms with Gasteiger partial charge in [-0.3, -0.25) is 4.79 Å². The first-order valence-electron chi connectivity index (χ1n) is 6.82. The van der Waals surface area contributed by atoms with Crippen LogP contribution in [0.5, 0.6) is 0 Å². The second-order valence-electron chi connectivity index (χ2n) is 5.13. The molecule has 1 atom stereocenters. The third-order valence-corrected chi connectivity index (χ3v) is 3.29. The molecule has 0 unspecified atom stereocenters. The van der Waals surface area contributed by atoms with Crippen LogP contribution in [-0.2, 0) is 4.79 Å². The molecule has 0 aliphatic heterocycles. The first-order chi connectivity index (χ1) is 10.1. The maximum atomic E-state index is 12.1. The summed E-state index contributed by atoms with van der Waals surface area (Å²) in [6.07, 6.45) is 1.60. The third kappa shape index (κ3) is 4.47. The second kappa shape index (κ2) is 7.09. The van der Waals surface area contributed by atoms with E-state index in [1.165, 1.54) is 0 Å². The van der Waals surface area contributed by atoms with E-state index in [0.29, 0.717) is 5.02 Å². The zero-order valence-corrected chi connectivity index (χ0v) is 12.9. The summed E-state index contributed by atoms with van der Waals surface area (Å²) >= 11 is 5.94. The van der Waals surface area contributed by atoms with Gasteiger partial charge in [0.2, 0.25) is 5.91 Å². The number of halogens is 1. The van der Waals surface area contributed by atoms with E-state index in [2.05, 4.69) is 5.32 Å². The van der Waals surface area contributed by atoms with Gasteiger partial charge in [-0.15, -0.1) is 0 Å². The molecule has 0 aliphatic carbocycles. The van der Waals surface area contributed by atoms with Crippen molar-refractivity contribution >= 4 is 17.5 Å². The molecule has 1 amide bonds. The van der Waals surface area contributed by atoms with Gasteiger partial charge in [0, 0.05) is 11.1 Å². The average molecular weight is 300 g/mol. The van der Waals surface area contributed by atoms with E-state index in [1.54, 1.807) is 6.08 Å². The molecular formula is C18H18ClNO. The molecule has 0 aliphatic rings. The quantitative estimate of drug-likeness (QED) is 0.827. The van der Waals surface area contributed by atoms with Gasteiger partial charge in [0.25, 0.3) is 0 Å². The van der Waals surface area contributed by atoms with E-state index < -0.39 is 0 Å². The lowest BCUT2D eigenvalue weighted by Crippen LogP contribution is -2.27. The van der Waals surface area contributed by atoms with Crippen LogP contribution in [0.15, 0.2) is 66.2 Å². The molecule has 0 fully saturated rings. The fourth-order valence-electron chi connectivity index (χ4n) is 2.11. The molecule has 0 spiro atoms. The summed E-state index contributed by atoms with van der Waals surface area (Å²) in [6, 6.07) is 17.2. The Balaban J connectivity index is 2.33. The van der Waals surface area contributed by atoms with Crippen molar-refractivity contribution in [1.82, 2.24) is 5.32 Å². The van der Waals surface area contributed by atoms with Gasteiger partial charge in [0.05, 0.1) is 6.04 Å². The fraction of sp³-hybridized carbons (Fsp3) is 0.167. The molecule has 0 radical (unpaired) electrons. The number of carbonyl (C=O) groups excluding carboxylic acids is 1. The lowest BCUT2D eigenvalue weighted by Gasteiger charge is -2.19. The van der Waals surface area contributed by atoms with Crippen molar-refractivity contribution in [3.63, 3.8) is 0 Å². The topological polar surface area (TPSA) is 29.1 Å². The van der Waals surface area contributed by atoms with Gasteiger partial charge in [-0.05, 0) is 37.1 Å². The van der Waals surface area contributed by atoms with Crippen LogP contribution in [-0.4, -0.2) is 5.91 Å². The minimum atomic E-state index is -0.188. The van der Waals surface area contributed by atoms with E-state index in [0.717, 1.165) is 16.7 Å². The van der Waals surface area contributed by atoms with Gasteiger partial charge < -0.3 is 5.32 Å². The number of allylic oxidation sites excluding steroid dienone is 1. The van der Waals surface area contributed by atoms with E-state index in [4.69, 9.17) is 11.6 Å². The SMILES string of the molecule is CC(C)=CC(=O)N[C@H](c1ccccc1)c1ccc(Cl)cc1. The highest BCUT2D eigenvalue weighted by atomic mass is 35.5. The summed E-state index contributed by atoms with van der Waals surface area (Å²) in [7, 11) is 0. The molecular weight excluding hydrogens is 282 g/mol. The number of carbonyl (C=O) groups is 1. The molecule has 3 heteroatoms. The summed E-state index contributed by atoms with van der Waals surface area (Å²) in [5, 5.41) is 3.72. The Bertz CT molecular complexity index is 628. The molecule has 2 aromatic carbocycles. The number of hydrogen-bond donors (Lipinski definition) is 1. The molecule has 2 nitrogen and oxygen atoms in total. The number of nitrogens with one attached hydrogen (secondary N) is 1. The normalized spacial score (nSPS) is 11.6. The predicted octanol–water partition coefficient (Wildman–Crippen LogP) is 4.51. The van der Waals surface area contributed by atoms with Crippen LogP contribution < -0.4 is 5.32 Å². The fourth-order valence-corrected chi connectivity index (χ4v) is 2.23. The van der Waals surface area contributed by atoms with Crippen LogP contribution in [0, 0.1) is 0 Å². The summed E-state index contributed by atoms with van der Waals surface area (Å²) in [5.41, 5.74) is 3.01. The lowest BCUT2D eigenvalue weighted by molar-refractivity contribution is -0.117. The smallest absolute Gasteiger partial charge is 0.244 e. The van der Waals surface area contributed by atoms with Crippen molar-refractivity contribution < 1.29 is 4.79 Å². The van der Waals surface area contributed by atoms with E-state index in [-0.39, 0.29) is 11.9 Å². The van der Waals surface area contributed by atoms with Crippen molar-refractivity contribution in [2.24, 2.45) is 0 Å². The first-order valence-corrected chi connectivity index (χ1v) is 7.20. The van der Waals surface area contributed by atoms with Crippen molar-refractivity contribution in [2.45, 2.75) is 19.9 Å². The summed E-state index contributed by atoms with van der Waals surface area (Å²) < 4.78 is 0. The highest BCUT2D eigenvalue weighted by molar-refractivity contribution is 6.30. The minimum absolute atomic E-state index is 0.0983. The summed E-state index contributed by atoms with van der Waals surface area (Å²) in [6.45, 7) is 3.80. The Morgan fingerprint density at radius 3 is 2.14 bits per heavy atom. The minimum Gasteiger partial charge on any atom is -0.342 e. The molecule has 0 bridgehead atoms. The van der Waals surface area contributed by atoms with Gasteiger partial charge in [0.1, 0.15) is 0 Å². The van der Waals surface area contributed by atoms with Crippen molar-refractivity contribution in [2.75, 3.05) is 0 Å². The van der Waals surface area contributed by atoms with Crippen LogP contribution in [0.2, 0.25) is 5.02 Å². The second-order valence-corrected chi connectivity index (χ2v) is 5.56. The Labute approximate surface area is 130 Å². The molecule has 21 heavy (non-hydrogen) atoms. The number of hydrogen-bond acceptors (Lipinski definition) is 1. The van der Waals surface area contributed by atoms with E-state index in [9.17, 15) is 4.79 Å². The van der Waals surface area contributed by atoms with Crippen LogP contribution in [0.4, 0.5) is 0 Å². The molecule has 0 heterocycles. The average Bonchev–Trinajstić information content (AvgIpc) is 2.46. The molecule has 108 valence electrons. The maximum Gasteiger partial charge on any atom is 0.244 e. The van der Waals surface area contributed by atoms with Gasteiger partial charge in [0.15, 0.2) is 0 Å². The zero-order valence-electron chi connectivity index (χ0n) is 12.1. The lowest BCUT2D eigenvalue weighted by atomic mass is 9.98. The highest BCUT2D eigenvalue weighted by Gasteiger charge is 2.15. The monoisotopic (exact) mass is 299 g/mol. The first kappa shape index (κ1) is 15.3. The molecule has 2 aromatic rings. The standard InChI is InChI=1S/C18H18ClNO/c1-13(2)12-17(21)20-18(14-6-4-3-5-7-14)15-8-10-16(19)11-9-15/h3-12,18H,1-2H3,(H,20,21)/t18-/m1/s1. The molecule has 0 saturated heterocycles. The van der Waals surface area contributed by atoms with E-state index in [1.807, 2.05) is 68.4 Å². The van der Waals surface area contributed by atoms with E-state index >= 15 is 0 Å². The van der Waals surface area contributed by atoms with Crippen LogP contribution in [0.25, 0.3) is 0 Å². The Hall–Kier alpha value is -2.06. The Morgan fingerprint density at radius 2 is 1.57 bits per heavy atom. The summed E-state index contributed by atoms with van der Waals surface area (Å²) in [5.74, 6) is -0.0983. The molecule has 2 rings (SSSR count). The van der Waals surface area contributed by atoms with Gasteiger partial charge in [-0.1, -0.05) is 59.6 Å². The highest BCUT2D eigenvalue weighted by Crippen LogP contribution is 2.23. The van der Waals surface area contributed by atoms with Crippen molar-refractivity contribution in [3.05, 3.63) is 82.4 Å². The number of benzene rings is 2. The maximum absolute atomic E-state index is 12.1. The van der Waals surface area contributed by atoms with Crippen LogP contribution in [0.1, 0.15) is 31.0 Å². The zero-order chi connectivity index (χ0) is 15.2. The number of amides is 1. The third-order valence-electron chi connectivity index (χ3n) is 3.04.